The smallest absolute Gasteiger partial charge is 0.416 e. The normalized spacial score (nSPS) is 16.4. The monoisotopic (exact) mass is 537 g/mol. The number of carbonyl (C=O) groups is 1. The summed E-state index contributed by atoms with van der Waals surface area (Å²) in [6.45, 7) is 4.43. The first-order valence-electron chi connectivity index (χ1n) is 13.1. The van der Waals surface area contributed by atoms with Crippen LogP contribution in [0.25, 0.3) is 5.57 Å². The molecule has 7 heteroatoms. The molecule has 6 rings (SSSR count). The SMILES string of the molecule is Cc1ccc(OC(=O)N2CCC3=C(CCc4ccc(Cl)cc43)[C@@H]2c2ccc(Oc3ccc(C)nn3)cc2)cc1. The summed E-state index contributed by atoms with van der Waals surface area (Å²) in [6, 6.07) is 24.9. The van der Waals surface area contributed by atoms with E-state index in [9.17, 15) is 4.79 Å². The number of hydrogen-bond donors (Lipinski definition) is 0. The first-order chi connectivity index (χ1) is 18.9. The summed E-state index contributed by atoms with van der Waals surface area (Å²) in [6.07, 6.45) is 2.15. The van der Waals surface area contributed by atoms with Gasteiger partial charge in [0.05, 0.1) is 11.7 Å². The van der Waals surface area contributed by atoms with Gasteiger partial charge in [0.2, 0.25) is 5.88 Å². The van der Waals surface area contributed by atoms with Gasteiger partial charge in [-0.2, -0.15) is 5.10 Å². The van der Waals surface area contributed by atoms with Crippen LogP contribution in [-0.2, 0) is 6.42 Å². The van der Waals surface area contributed by atoms with Gasteiger partial charge in [0.25, 0.3) is 0 Å². The number of amides is 1. The Morgan fingerprint density at radius 3 is 2.38 bits per heavy atom. The number of aromatic nitrogens is 2. The van der Waals surface area contributed by atoms with Crippen LogP contribution >= 0.6 is 11.6 Å². The molecule has 196 valence electrons. The van der Waals surface area contributed by atoms with E-state index in [4.69, 9.17) is 21.1 Å². The number of rotatable bonds is 4. The molecule has 1 aliphatic carbocycles. The quantitative estimate of drug-likeness (QED) is 0.265. The molecule has 3 aromatic carbocycles. The molecule has 0 saturated carbocycles. The fraction of sp³-hybridized carbons (Fsp3) is 0.219. The van der Waals surface area contributed by atoms with E-state index in [1.165, 1.54) is 22.3 Å². The lowest BCUT2D eigenvalue weighted by Crippen LogP contribution is -2.42. The van der Waals surface area contributed by atoms with Crippen LogP contribution in [0.1, 0.15) is 46.8 Å². The fourth-order valence-electron chi connectivity index (χ4n) is 5.41. The standard InChI is InChI=1S/C32H28ClN3O3/c1-20-3-11-26(12-4-20)39-32(37)36-18-17-27-28(15-9-22-6-10-24(33)19-29(22)27)31(36)23-7-13-25(14-8-23)38-30-16-5-21(2)34-35-30/h3-8,10-14,16,19,31H,9,15,17-18H2,1-2H3/t31-/m0/s1. The Hall–Kier alpha value is -4.16. The maximum atomic E-state index is 13.6. The zero-order valence-corrected chi connectivity index (χ0v) is 22.6. The molecule has 2 aliphatic rings. The number of fused-ring (bicyclic) bond motifs is 2. The van der Waals surface area contributed by atoms with Crippen molar-refractivity contribution in [3.63, 3.8) is 0 Å². The number of hydrogen-bond acceptors (Lipinski definition) is 5. The number of aryl methyl sites for hydroxylation is 3. The molecule has 0 bridgehead atoms. The third-order valence-corrected chi connectivity index (χ3v) is 7.58. The Morgan fingerprint density at radius 1 is 0.872 bits per heavy atom. The van der Waals surface area contributed by atoms with Crippen molar-refractivity contribution in [1.29, 1.82) is 0 Å². The summed E-state index contributed by atoms with van der Waals surface area (Å²) < 4.78 is 11.7. The topological polar surface area (TPSA) is 64.5 Å². The highest BCUT2D eigenvalue weighted by Gasteiger charge is 2.37. The molecule has 6 nitrogen and oxygen atoms in total. The van der Waals surface area contributed by atoms with Crippen molar-refractivity contribution in [3.8, 4) is 17.4 Å². The van der Waals surface area contributed by atoms with Gasteiger partial charge in [-0.25, -0.2) is 4.79 Å². The highest BCUT2D eigenvalue weighted by molar-refractivity contribution is 6.30. The predicted octanol–water partition coefficient (Wildman–Crippen LogP) is 7.88. The Balaban J connectivity index is 1.35. The molecule has 0 saturated heterocycles. The van der Waals surface area contributed by atoms with E-state index in [0.717, 1.165) is 41.1 Å². The second kappa shape index (κ2) is 10.5. The molecule has 4 aromatic rings. The highest BCUT2D eigenvalue weighted by atomic mass is 35.5. The van der Waals surface area contributed by atoms with Gasteiger partial charge in [0, 0.05) is 17.6 Å². The lowest BCUT2D eigenvalue weighted by atomic mass is 9.77. The van der Waals surface area contributed by atoms with E-state index in [1.807, 2.05) is 79.4 Å². The summed E-state index contributed by atoms with van der Waals surface area (Å²) in [5, 5.41) is 8.87. The fourth-order valence-corrected chi connectivity index (χ4v) is 5.58. The third-order valence-electron chi connectivity index (χ3n) is 7.35. The van der Waals surface area contributed by atoms with Crippen molar-refractivity contribution in [3.05, 3.63) is 117 Å². The maximum Gasteiger partial charge on any atom is 0.416 e. The van der Waals surface area contributed by atoms with Gasteiger partial charge in [-0.05, 0) is 103 Å². The van der Waals surface area contributed by atoms with Crippen LogP contribution in [0.3, 0.4) is 0 Å². The molecule has 0 unspecified atom stereocenters. The van der Waals surface area contributed by atoms with Crippen molar-refractivity contribution in [2.75, 3.05) is 6.54 Å². The lowest BCUT2D eigenvalue weighted by molar-refractivity contribution is 0.136. The first kappa shape index (κ1) is 25.1. The van der Waals surface area contributed by atoms with E-state index >= 15 is 0 Å². The van der Waals surface area contributed by atoms with Crippen LogP contribution in [0.2, 0.25) is 5.02 Å². The van der Waals surface area contributed by atoms with E-state index in [2.05, 4.69) is 22.3 Å². The Kier molecular flexibility index (Phi) is 6.79. The molecular weight excluding hydrogens is 510 g/mol. The molecule has 0 radical (unpaired) electrons. The van der Waals surface area contributed by atoms with Crippen LogP contribution in [0.5, 0.6) is 17.4 Å². The minimum atomic E-state index is -0.359. The summed E-state index contributed by atoms with van der Waals surface area (Å²) in [5.41, 5.74) is 7.93. The second-order valence-electron chi connectivity index (χ2n) is 10.0. The summed E-state index contributed by atoms with van der Waals surface area (Å²) in [5.74, 6) is 1.62. The Bertz CT molecular complexity index is 1550. The summed E-state index contributed by atoms with van der Waals surface area (Å²) >= 11 is 6.40. The molecule has 0 N–H and O–H groups in total. The molecule has 0 spiro atoms. The lowest BCUT2D eigenvalue weighted by Gasteiger charge is -2.41. The minimum Gasteiger partial charge on any atom is -0.438 e. The van der Waals surface area contributed by atoms with Crippen LogP contribution in [0, 0.1) is 13.8 Å². The van der Waals surface area contributed by atoms with E-state index in [0.29, 0.717) is 23.9 Å². The average molecular weight is 538 g/mol. The zero-order valence-electron chi connectivity index (χ0n) is 21.9. The van der Waals surface area contributed by atoms with Crippen molar-refractivity contribution in [2.45, 2.75) is 39.2 Å². The summed E-state index contributed by atoms with van der Waals surface area (Å²) in [7, 11) is 0. The molecule has 1 amide bonds. The zero-order chi connectivity index (χ0) is 26.9. The molecular formula is C32H28ClN3O3. The van der Waals surface area contributed by atoms with Crippen molar-refractivity contribution in [1.82, 2.24) is 15.1 Å². The predicted molar refractivity (Wildman–Crippen MR) is 151 cm³/mol. The average Bonchev–Trinajstić information content (AvgIpc) is 2.95. The number of carbonyl (C=O) groups excluding carboxylic acids is 1. The highest BCUT2D eigenvalue weighted by Crippen LogP contribution is 2.46. The van der Waals surface area contributed by atoms with Gasteiger partial charge in [-0.3, -0.25) is 4.90 Å². The van der Waals surface area contributed by atoms with Crippen molar-refractivity contribution >= 4 is 23.3 Å². The van der Waals surface area contributed by atoms with Crippen molar-refractivity contribution in [2.24, 2.45) is 0 Å². The van der Waals surface area contributed by atoms with Crippen LogP contribution < -0.4 is 9.47 Å². The van der Waals surface area contributed by atoms with Crippen molar-refractivity contribution < 1.29 is 14.3 Å². The molecule has 1 atom stereocenters. The van der Waals surface area contributed by atoms with Gasteiger partial charge in [0.1, 0.15) is 11.5 Å². The van der Waals surface area contributed by atoms with Gasteiger partial charge < -0.3 is 9.47 Å². The number of ether oxygens (including phenoxy) is 2. The van der Waals surface area contributed by atoms with Crippen LogP contribution in [0.4, 0.5) is 4.79 Å². The number of halogens is 1. The van der Waals surface area contributed by atoms with Crippen LogP contribution in [-0.4, -0.2) is 27.7 Å². The van der Waals surface area contributed by atoms with Crippen LogP contribution in [0.15, 0.2) is 84.4 Å². The minimum absolute atomic E-state index is 0.257. The molecule has 1 aliphatic heterocycles. The number of nitrogens with zero attached hydrogens (tertiary/aromatic N) is 3. The van der Waals surface area contributed by atoms with E-state index < -0.39 is 0 Å². The van der Waals surface area contributed by atoms with Gasteiger partial charge in [-0.1, -0.05) is 47.5 Å². The molecule has 1 aromatic heterocycles. The van der Waals surface area contributed by atoms with Gasteiger partial charge in [-0.15, -0.1) is 5.10 Å². The Morgan fingerprint density at radius 2 is 1.64 bits per heavy atom. The van der Waals surface area contributed by atoms with E-state index in [-0.39, 0.29) is 12.1 Å². The Labute approximate surface area is 232 Å². The van der Waals surface area contributed by atoms with Gasteiger partial charge in [0.15, 0.2) is 0 Å². The molecule has 2 heterocycles. The molecule has 0 fully saturated rings. The number of benzene rings is 3. The molecule has 39 heavy (non-hydrogen) atoms. The largest absolute Gasteiger partial charge is 0.438 e. The maximum absolute atomic E-state index is 13.6. The third kappa shape index (κ3) is 5.25. The first-order valence-corrected chi connectivity index (χ1v) is 13.5. The summed E-state index contributed by atoms with van der Waals surface area (Å²) in [4.78, 5) is 15.4. The van der Waals surface area contributed by atoms with E-state index in [1.54, 1.807) is 6.07 Å². The second-order valence-corrected chi connectivity index (χ2v) is 10.5. The van der Waals surface area contributed by atoms with Gasteiger partial charge >= 0.3 is 6.09 Å².